The molecule has 0 aliphatic rings. The largest absolute Gasteiger partial charge is 0.483 e. The maximum Gasteiger partial charge on any atom is 0.277 e. The summed E-state index contributed by atoms with van der Waals surface area (Å²) in [5, 5.41) is 4.56. The first-order valence-corrected chi connectivity index (χ1v) is 7.20. The summed E-state index contributed by atoms with van der Waals surface area (Å²) >= 11 is 5.87. The number of ether oxygens (including phenoxy) is 1. The summed E-state index contributed by atoms with van der Waals surface area (Å²) in [5.74, 6) is 0.307. The molecule has 1 amide bonds. The molecule has 1 N–H and O–H groups in total. The average Bonchev–Trinajstić information content (AvgIpc) is 2.48. The van der Waals surface area contributed by atoms with E-state index in [1.165, 1.54) is 0 Å². The topological polar surface area (TPSA) is 50.7 Å². The fourth-order valence-electron chi connectivity index (χ4n) is 1.86. The van der Waals surface area contributed by atoms with Crippen molar-refractivity contribution in [1.29, 1.82) is 0 Å². The Kier molecular flexibility index (Phi) is 5.55. The summed E-state index contributed by atoms with van der Waals surface area (Å²) in [6.45, 7) is 3.75. The summed E-state index contributed by atoms with van der Waals surface area (Å²) in [5.41, 5.74) is 5.36. The van der Waals surface area contributed by atoms with Crippen molar-refractivity contribution < 1.29 is 9.53 Å². The molecule has 0 unspecified atom stereocenters. The van der Waals surface area contributed by atoms with Gasteiger partial charge in [-0.15, -0.1) is 0 Å². The smallest absolute Gasteiger partial charge is 0.277 e. The monoisotopic (exact) mass is 316 g/mol. The third-order valence-electron chi connectivity index (χ3n) is 3.08. The minimum atomic E-state index is -0.320. The highest BCUT2D eigenvalue weighted by Gasteiger charge is 2.04. The molecule has 5 heteroatoms. The number of nitrogens with zero attached hydrogens (tertiary/aromatic N) is 1. The van der Waals surface area contributed by atoms with E-state index in [1.807, 2.05) is 38.1 Å². The molecule has 114 valence electrons. The van der Waals surface area contributed by atoms with Crippen LogP contribution in [0.2, 0.25) is 5.02 Å². The fraction of sp³-hybridized carbons (Fsp3) is 0.176. The highest BCUT2D eigenvalue weighted by Crippen LogP contribution is 2.21. The van der Waals surface area contributed by atoms with Crippen molar-refractivity contribution in [2.75, 3.05) is 6.61 Å². The van der Waals surface area contributed by atoms with E-state index in [0.29, 0.717) is 10.8 Å². The Bertz CT molecular complexity index is 699. The second-order valence-corrected chi connectivity index (χ2v) is 5.28. The lowest BCUT2D eigenvalue weighted by Crippen LogP contribution is -2.24. The number of amides is 1. The number of hydrogen-bond donors (Lipinski definition) is 1. The number of nitrogens with one attached hydrogen (secondary N) is 1. The molecule has 0 spiro atoms. The highest BCUT2D eigenvalue weighted by molar-refractivity contribution is 6.30. The zero-order valence-corrected chi connectivity index (χ0v) is 13.2. The Morgan fingerprint density at radius 2 is 2.00 bits per heavy atom. The van der Waals surface area contributed by atoms with Gasteiger partial charge in [0.05, 0.1) is 6.21 Å². The van der Waals surface area contributed by atoms with Crippen LogP contribution in [0, 0.1) is 13.8 Å². The Morgan fingerprint density at radius 1 is 1.23 bits per heavy atom. The third-order valence-corrected chi connectivity index (χ3v) is 3.31. The van der Waals surface area contributed by atoms with Crippen LogP contribution in [0.3, 0.4) is 0 Å². The Morgan fingerprint density at radius 3 is 2.73 bits per heavy atom. The van der Waals surface area contributed by atoms with Gasteiger partial charge >= 0.3 is 0 Å². The van der Waals surface area contributed by atoms with Crippen LogP contribution < -0.4 is 10.2 Å². The van der Waals surface area contributed by atoms with Gasteiger partial charge in [-0.1, -0.05) is 35.9 Å². The number of hydrazone groups is 1. The first-order chi connectivity index (χ1) is 10.6. The molecule has 0 heterocycles. The molecule has 0 fully saturated rings. The van der Waals surface area contributed by atoms with Crippen LogP contribution >= 0.6 is 11.6 Å². The van der Waals surface area contributed by atoms with Gasteiger partial charge in [0.25, 0.3) is 5.91 Å². The van der Waals surface area contributed by atoms with Gasteiger partial charge in [0.2, 0.25) is 0 Å². The molecule has 0 saturated heterocycles. The standard InChI is InChI=1S/C17H17ClN2O2/c1-12-5-3-4-6-14(12)10-19-20-17(21)11-22-16-8-7-15(18)9-13(16)2/h3-10H,11H2,1-2H3,(H,20,21)/b19-10+. The van der Waals surface area contributed by atoms with Gasteiger partial charge in [0, 0.05) is 5.02 Å². The number of carbonyl (C=O) groups is 1. The third kappa shape index (κ3) is 4.60. The number of aryl methyl sites for hydroxylation is 2. The molecule has 0 aliphatic heterocycles. The van der Waals surface area contributed by atoms with E-state index in [0.717, 1.165) is 16.7 Å². The van der Waals surface area contributed by atoms with E-state index in [2.05, 4.69) is 10.5 Å². The molecule has 0 aromatic heterocycles. The molecule has 2 aromatic rings. The first kappa shape index (κ1) is 16.0. The lowest BCUT2D eigenvalue weighted by atomic mass is 10.1. The van der Waals surface area contributed by atoms with Gasteiger partial charge in [0.15, 0.2) is 6.61 Å². The summed E-state index contributed by atoms with van der Waals surface area (Å²) in [4.78, 5) is 11.7. The van der Waals surface area contributed by atoms with E-state index in [-0.39, 0.29) is 12.5 Å². The van der Waals surface area contributed by atoms with Crippen LogP contribution in [0.25, 0.3) is 0 Å². The second kappa shape index (κ2) is 7.61. The molecule has 0 saturated carbocycles. The van der Waals surface area contributed by atoms with Crippen molar-refractivity contribution in [3.05, 3.63) is 64.2 Å². The van der Waals surface area contributed by atoms with Crippen molar-refractivity contribution in [3.8, 4) is 5.75 Å². The number of halogens is 1. The SMILES string of the molecule is Cc1ccccc1/C=N/NC(=O)COc1ccc(Cl)cc1C. The number of benzene rings is 2. The van der Waals surface area contributed by atoms with Gasteiger partial charge in [-0.2, -0.15) is 5.10 Å². The van der Waals surface area contributed by atoms with Gasteiger partial charge in [-0.3, -0.25) is 4.79 Å². The van der Waals surface area contributed by atoms with Crippen LogP contribution in [-0.4, -0.2) is 18.7 Å². The predicted octanol–water partition coefficient (Wildman–Crippen LogP) is 3.49. The van der Waals surface area contributed by atoms with Gasteiger partial charge in [0.1, 0.15) is 5.75 Å². The van der Waals surface area contributed by atoms with Crippen LogP contribution in [0.15, 0.2) is 47.6 Å². The first-order valence-electron chi connectivity index (χ1n) is 6.83. The Balaban J connectivity index is 1.84. The average molecular weight is 317 g/mol. The van der Waals surface area contributed by atoms with Crippen molar-refractivity contribution in [1.82, 2.24) is 5.43 Å². The van der Waals surface area contributed by atoms with Gasteiger partial charge < -0.3 is 4.74 Å². The maximum absolute atomic E-state index is 11.7. The highest BCUT2D eigenvalue weighted by atomic mass is 35.5. The molecule has 0 aliphatic carbocycles. The summed E-state index contributed by atoms with van der Waals surface area (Å²) in [7, 11) is 0. The summed E-state index contributed by atoms with van der Waals surface area (Å²) in [6.07, 6.45) is 1.61. The Hall–Kier alpha value is -2.33. The normalized spacial score (nSPS) is 10.7. The van der Waals surface area contributed by atoms with Crippen LogP contribution in [0.5, 0.6) is 5.75 Å². The zero-order chi connectivity index (χ0) is 15.9. The molecular formula is C17H17ClN2O2. The predicted molar refractivity (Wildman–Crippen MR) is 88.6 cm³/mol. The van der Waals surface area contributed by atoms with E-state index < -0.39 is 0 Å². The fourth-order valence-corrected chi connectivity index (χ4v) is 2.08. The van der Waals surface area contributed by atoms with Crippen molar-refractivity contribution in [2.45, 2.75) is 13.8 Å². The molecule has 22 heavy (non-hydrogen) atoms. The minimum absolute atomic E-state index is 0.104. The van der Waals surface area contributed by atoms with E-state index in [4.69, 9.17) is 16.3 Å². The molecule has 0 atom stereocenters. The lowest BCUT2D eigenvalue weighted by Gasteiger charge is -2.08. The van der Waals surface area contributed by atoms with Crippen LogP contribution in [0.1, 0.15) is 16.7 Å². The van der Waals surface area contributed by atoms with Crippen LogP contribution in [0.4, 0.5) is 0 Å². The van der Waals surface area contributed by atoms with E-state index >= 15 is 0 Å². The quantitative estimate of drug-likeness (QED) is 0.678. The maximum atomic E-state index is 11.7. The van der Waals surface area contributed by atoms with Gasteiger partial charge in [-0.25, -0.2) is 5.43 Å². The Labute approximate surface area is 134 Å². The zero-order valence-electron chi connectivity index (χ0n) is 12.5. The van der Waals surface area contributed by atoms with Crippen LogP contribution in [-0.2, 0) is 4.79 Å². The molecule has 2 rings (SSSR count). The number of hydrogen-bond acceptors (Lipinski definition) is 3. The van der Waals surface area contributed by atoms with Gasteiger partial charge in [-0.05, 0) is 48.7 Å². The summed E-state index contributed by atoms with van der Waals surface area (Å²) < 4.78 is 5.44. The number of rotatable bonds is 5. The minimum Gasteiger partial charge on any atom is -0.483 e. The van der Waals surface area contributed by atoms with E-state index in [9.17, 15) is 4.79 Å². The second-order valence-electron chi connectivity index (χ2n) is 4.85. The van der Waals surface area contributed by atoms with Crippen molar-refractivity contribution in [2.24, 2.45) is 5.10 Å². The summed E-state index contributed by atoms with van der Waals surface area (Å²) in [6, 6.07) is 13.0. The molecule has 4 nitrogen and oxygen atoms in total. The lowest BCUT2D eigenvalue weighted by molar-refractivity contribution is -0.123. The van der Waals surface area contributed by atoms with E-state index in [1.54, 1.807) is 24.4 Å². The molecule has 0 radical (unpaired) electrons. The molecule has 2 aromatic carbocycles. The molecular weight excluding hydrogens is 300 g/mol. The molecule has 0 bridgehead atoms. The van der Waals surface area contributed by atoms with Crippen molar-refractivity contribution in [3.63, 3.8) is 0 Å². The van der Waals surface area contributed by atoms with Crippen molar-refractivity contribution >= 4 is 23.7 Å². The number of carbonyl (C=O) groups excluding carboxylic acids is 1.